The number of rotatable bonds is 2. The molecule has 0 spiro atoms. The normalized spacial score (nSPS) is 14.9. The number of hydrogen-bond acceptors (Lipinski definition) is 3. The molecule has 1 aromatic carbocycles. The molecule has 4 nitrogen and oxygen atoms in total. The second kappa shape index (κ2) is 3.88. The molecule has 4 heteroatoms. The Labute approximate surface area is 111 Å². The average Bonchev–Trinajstić information content (AvgIpc) is 2.75. The van der Waals surface area contributed by atoms with Crippen LogP contribution in [0, 0.1) is 0 Å². The van der Waals surface area contributed by atoms with Crippen LogP contribution in [0.5, 0.6) is 5.75 Å². The molecule has 3 heterocycles. The first kappa shape index (κ1) is 10.7. The van der Waals surface area contributed by atoms with Crippen LogP contribution in [-0.2, 0) is 0 Å². The van der Waals surface area contributed by atoms with E-state index in [-0.39, 0.29) is 0 Å². The standard InChI is InChI=1S/C15H15N3O/c1-19-10-3-4-11-12-5-6-16-15(18-7-2-8-18)14(12)17-13(11)9-10/h3-6,9,17H,2,7-8H2,1H3. The Morgan fingerprint density at radius 1 is 1.21 bits per heavy atom. The van der Waals surface area contributed by atoms with Crippen LogP contribution in [0.25, 0.3) is 21.8 Å². The Balaban J connectivity index is 2.01. The van der Waals surface area contributed by atoms with Gasteiger partial charge >= 0.3 is 0 Å². The minimum Gasteiger partial charge on any atom is -0.497 e. The highest BCUT2D eigenvalue weighted by molar-refractivity contribution is 6.10. The van der Waals surface area contributed by atoms with Gasteiger partial charge in [-0.25, -0.2) is 4.98 Å². The molecule has 0 radical (unpaired) electrons. The smallest absolute Gasteiger partial charge is 0.152 e. The van der Waals surface area contributed by atoms with Gasteiger partial charge < -0.3 is 14.6 Å². The molecule has 0 atom stereocenters. The van der Waals surface area contributed by atoms with Crippen molar-refractivity contribution in [2.24, 2.45) is 0 Å². The maximum atomic E-state index is 5.28. The van der Waals surface area contributed by atoms with Gasteiger partial charge in [-0.1, -0.05) is 0 Å². The van der Waals surface area contributed by atoms with Crippen molar-refractivity contribution in [2.75, 3.05) is 25.1 Å². The Bertz CT molecular complexity index is 759. The van der Waals surface area contributed by atoms with E-state index in [1.54, 1.807) is 7.11 Å². The first-order chi connectivity index (χ1) is 9.36. The second-order valence-corrected chi connectivity index (χ2v) is 4.93. The zero-order valence-corrected chi connectivity index (χ0v) is 10.8. The summed E-state index contributed by atoms with van der Waals surface area (Å²) in [6.07, 6.45) is 3.15. The molecule has 0 unspecified atom stereocenters. The van der Waals surface area contributed by atoms with Crippen LogP contribution in [0.15, 0.2) is 30.5 Å². The molecule has 0 aliphatic carbocycles. The number of ether oxygens (including phenoxy) is 1. The molecule has 1 fully saturated rings. The van der Waals surface area contributed by atoms with Gasteiger partial charge in [-0.2, -0.15) is 0 Å². The van der Waals surface area contributed by atoms with E-state index >= 15 is 0 Å². The number of benzene rings is 1. The molecule has 1 aliphatic heterocycles. The third kappa shape index (κ3) is 1.49. The van der Waals surface area contributed by atoms with Crippen LogP contribution in [0.1, 0.15) is 6.42 Å². The summed E-state index contributed by atoms with van der Waals surface area (Å²) in [4.78, 5) is 10.3. The molecule has 2 aromatic heterocycles. The molecule has 1 saturated heterocycles. The molecule has 1 aliphatic rings. The Morgan fingerprint density at radius 3 is 2.84 bits per heavy atom. The van der Waals surface area contributed by atoms with Gasteiger partial charge in [0.15, 0.2) is 5.82 Å². The Kier molecular flexibility index (Phi) is 2.18. The summed E-state index contributed by atoms with van der Waals surface area (Å²) < 4.78 is 5.28. The predicted octanol–water partition coefficient (Wildman–Crippen LogP) is 2.93. The quantitative estimate of drug-likeness (QED) is 0.763. The van der Waals surface area contributed by atoms with Gasteiger partial charge in [-0.3, -0.25) is 0 Å². The van der Waals surface area contributed by atoms with Crippen LogP contribution in [0.3, 0.4) is 0 Å². The molecule has 19 heavy (non-hydrogen) atoms. The van der Waals surface area contributed by atoms with Crippen molar-refractivity contribution in [3.05, 3.63) is 30.5 Å². The van der Waals surface area contributed by atoms with Crippen LogP contribution in [0.4, 0.5) is 5.82 Å². The van der Waals surface area contributed by atoms with Crippen molar-refractivity contribution in [2.45, 2.75) is 6.42 Å². The van der Waals surface area contributed by atoms with Crippen molar-refractivity contribution < 1.29 is 4.74 Å². The lowest BCUT2D eigenvalue weighted by Gasteiger charge is -2.32. The van der Waals surface area contributed by atoms with Gasteiger partial charge in [0.2, 0.25) is 0 Å². The van der Waals surface area contributed by atoms with Crippen molar-refractivity contribution in [1.29, 1.82) is 0 Å². The lowest BCUT2D eigenvalue weighted by Crippen LogP contribution is -2.37. The highest BCUT2D eigenvalue weighted by Gasteiger charge is 2.19. The average molecular weight is 253 g/mol. The fraction of sp³-hybridized carbons (Fsp3) is 0.267. The van der Waals surface area contributed by atoms with Crippen molar-refractivity contribution >= 4 is 27.6 Å². The SMILES string of the molecule is COc1ccc2c(c1)[nH]c1c(N3CCC3)nccc12. The minimum absolute atomic E-state index is 0.873. The number of nitrogens with zero attached hydrogens (tertiary/aromatic N) is 2. The van der Waals surface area contributed by atoms with Gasteiger partial charge in [-0.05, 0) is 24.6 Å². The van der Waals surface area contributed by atoms with E-state index in [1.807, 2.05) is 18.3 Å². The van der Waals surface area contributed by atoms with Crippen LogP contribution >= 0.6 is 0 Å². The first-order valence-corrected chi connectivity index (χ1v) is 6.56. The highest BCUT2D eigenvalue weighted by Crippen LogP contribution is 2.33. The second-order valence-electron chi connectivity index (χ2n) is 4.93. The summed E-state index contributed by atoms with van der Waals surface area (Å²) in [7, 11) is 1.69. The predicted molar refractivity (Wildman–Crippen MR) is 77.0 cm³/mol. The lowest BCUT2D eigenvalue weighted by molar-refractivity contribution is 0.415. The number of fused-ring (bicyclic) bond motifs is 3. The minimum atomic E-state index is 0.873. The molecular formula is C15H15N3O. The number of anilines is 1. The lowest BCUT2D eigenvalue weighted by atomic mass is 10.1. The Morgan fingerprint density at radius 2 is 2.11 bits per heavy atom. The van der Waals surface area contributed by atoms with E-state index in [0.717, 1.165) is 35.7 Å². The Hall–Kier alpha value is -2.23. The molecule has 0 bridgehead atoms. The molecule has 4 rings (SSSR count). The third-order valence-corrected chi connectivity index (χ3v) is 3.86. The molecule has 3 aromatic rings. The van der Waals surface area contributed by atoms with Crippen LogP contribution < -0.4 is 9.64 Å². The molecule has 0 saturated carbocycles. The van der Waals surface area contributed by atoms with E-state index in [1.165, 1.54) is 17.2 Å². The number of aromatic amines is 1. The van der Waals surface area contributed by atoms with Gasteiger partial charge in [0.1, 0.15) is 5.75 Å². The molecular weight excluding hydrogens is 238 g/mol. The fourth-order valence-corrected chi connectivity index (χ4v) is 2.69. The van der Waals surface area contributed by atoms with Crippen molar-refractivity contribution in [3.63, 3.8) is 0 Å². The van der Waals surface area contributed by atoms with E-state index in [9.17, 15) is 0 Å². The van der Waals surface area contributed by atoms with Gasteiger partial charge in [0.05, 0.1) is 18.1 Å². The number of nitrogens with one attached hydrogen (secondary N) is 1. The summed E-state index contributed by atoms with van der Waals surface area (Å²) in [5, 5.41) is 2.45. The monoisotopic (exact) mass is 253 g/mol. The topological polar surface area (TPSA) is 41.1 Å². The summed E-state index contributed by atoms with van der Waals surface area (Å²) >= 11 is 0. The maximum Gasteiger partial charge on any atom is 0.152 e. The van der Waals surface area contributed by atoms with Gasteiger partial charge in [-0.15, -0.1) is 0 Å². The summed E-state index contributed by atoms with van der Waals surface area (Å²) in [6, 6.07) is 8.21. The molecule has 96 valence electrons. The summed E-state index contributed by atoms with van der Waals surface area (Å²) in [6.45, 7) is 2.20. The maximum absolute atomic E-state index is 5.28. The van der Waals surface area contributed by atoms with Crippen LogP contribution in [0.2, 0.25) is 0 Å². The van der Waals surface area contributed by atoms with Crippen molar-refractivity contribution in [3.8, 4) is 5.75 Å². The summed E-state index contributed by atoms with van der Waals surface area (Å²) in [5.41, 5.74) is 2.23. The van der Waals surface area contributed by atoms with Crippen LogP contribution in [-0.4, -0.2) is 30.2 Å². The van der Waals surface area contributed by atoms with E-state index in [2.05, 4.69) is 27.0 Å². The summed E-state index contributed by atoms with van der Waals surface area (Å²) in [5.74, 6) is 1.94. The third-order valence-electron chi connectivity index (χ3n) is 3.86. The fourth-order valence-electron chi connectivity index (χ4n) is 2.69. The van der Waals surface area contributed by atoms with E-state index in [0.29, 0.717) is 0 Å². The number of hydrogen-bond donors (Lipinski definition) is 1. The zero-order chi connectivity index (χ0) is 12.8. The highest BCUT2D eigenvalue weighted by atomic mass is 16.5. The number of aromatic nitrogens is 2. The number of methoxy groups -OCH3 is 1. The number of H-pyrrole nitrogens is 1. The zero-order valence-electron chi connectivity index (χ0n) is 10.8. The largest absolute Gasteiger partial charge is 0.497 e. The van der Waals surface area contributed by atoms with Gasteiger partial charge in [0.25, 0.3) is 0 Å². The molecule has 0 amide bonds. The molecule has 1 N–H and O–H groups in total. The van der Waals surface area contributed by atoms with Crippen molar-refractivity contribution in [1.82, 2.24) is 9.97 Å². The van der Waals surface area contributed by atoms with E-state index < -0.39 is 0 Å². The number of pyridine rings is 1. The van der Waals surface area contributed by atoms with E-state index in [4.69, 9.17) is 4.74 Å². The first-order valence-electron chi connectivity index (χ1n) is 6.56. The van der Waals surface area contributed by atoms with Gasteiger partial charge in [0, 0.05) is 36.1 Å².